The van der Waals surface area contributed by atoms with Crippen molar-refractivity contribution in [2.45, 2.75) is 37.6 Å². The molecule has 8 nitrogen and oxygen atoms in total. The van der Waals surface area contributed by atoms with E-state index >= 15 is 0 Å². The maximum absolute atomic E-state index is 12.9. The normalized spacial score (nSPS) is 15.7. The first-order valence-corrected chi connectivity index (χ1v) is 12.8. The molecule has 1 aliphatic heterocycles. The molecule has 0 spiro atoms. The van der Waals surface area contributed by atoms with Crippen LogP contribution >= 0.6 is 0 Å². The van der Waals surface area contributed by atoms with Gasteiger partial charge in [0.2, 0.25) is 0 Å². The third-order valence-corrected chi connectivity index (χ3v) is 7.47. The predicted octanol–water partition coefficient (Wildman–Crippen LogP) is 3.98. The molecule has 35 heavy (non-hydrogen) atoms. The van der Waals surface area contributed by atoms with E-state index in [1.807, 2.05) is 38.1 Å². The van der Waals surface area contributed by atoms with Gasteiger partial charge in [-0.1, -0.05) is 47.5 Å². The highest BCUT2D eigenvalue weighted by atomic mass is 32.2. The van der Waals surface area contributed by atoms with Gasteiger partial charge < -0.3 is 9.15 Å². The lowest BCUT2D eigenvalue weighted by atomic mass is 10.0. The summed E-state index contributed by atoms with van der Waals surface area (Å²) >= 11 is 0. The molecule has 2 aromatic carbocycles. The number of hydrogen-bond acceptors (Lipinski definition) is 7. The molecule has 0 bridgehead atoms. The van der Waals surface area contributed by atoms with Crippen LogP contribution in [0.4, 0.5) is 0 Å². The van der Waals surface area contributed by atoms with Crippen molar-refractivity contribution >= 4 is 27.4 Å². The number of hydrogen-bond donors (Lipinski definition) is 0. The predicted molar refractivity (Wildman–Crippen MR) is 129 cm³/mol. The number of hydrazone groups is 1. The van der Waals surface area contributed by atoms with Crippen LogP contribution in [0.2, 0.25) is 0 Å². The maximum Gasteiger partial charge on any atom is 0.307 e. The highest BCUT2D eigenvalue weighted by Crippen LogP contribution is 2.33. The van der Waals surface area contributed by atoms with E-state index in [4.69, 9.17) is 9.15 Å². The van der Waals surface area contributed by atoms with E-state index in [0.717, 1.165) is 22.4 Å². The Morgan fingerprint density at radius 3 is 2.31 bits per heavy atom. The summed E-state index contributed by atoms with van der Waals surface area (Å²) in [5.74, 6) is -1.13. The number of ether oxygens (including phenoxy) is 1. The molecule has 0 aliphatic carbocycles. The van der Waals surface area contributed by atoms with Crippen LogP contribution in [0.15, 0.2) is 81.3 Å². The Kier molecular flexibility index (Phi) is 7.16. The molecule has 182 valence electrons. The molecule has 1 unspecified atom stereocenters. The Morgan fingerprint density at radius 2 is 1.69 bits per heavy atom. The van der Waals surface area contributed by atoms with Crippen molar-refractivity contribution in [1.29, 1.82) is 0 Å². The van der Waals surface area contributed by atoms with Crippen LogP contribution in [-0.4, -0.2) is 43.4 Å². The third-order valence-electron chi connectivity index (χ3n) is 5.73. The van der Waals surface area contributed by atoms with Gasteiger partial charge in [0.15, 0.2) is 16.4 Å². The number of rotatable bonds is 8. The lowest BCUT2D eigenvalue weighted by molar-refractivity contribution is -0.152. The molecule has 0 fully saturated rings. The summed E-state index contributed by atoms with van der Waals surface area (Å²) in [4.78, 5) is 25.3. The summed E-state index contributed by atoms with van der Waals surface area (Å²) in [6.07, 6.45) is 1.62. The Bertz CT molecular complexity index is 1330. The van der Waals surface area contributed by atoms with Gasteiger partial charge in [-0.15, -0.1) is 0 Å². The highest BCUT2D eigenvalue weighted by Gasteiger charge is 2.35. The molecule has 0 N–H and O–H groups in total. The van der Waals surface area contributed by atoms with Crippen LogP contribution < -0.4 is 0 Å². The minimum atomic E-state index is -3.64. The Balaban J connectivity index is 1.39. The van der Waals surface area contributed by atoms with Crippen molar-refractivity contribution in [3.05, 3.63) is 89.4 Å². The fourth-order valence-corrected chi connectivity index (χ4v) is 4.95. The second kappa shape index (κ2) is 10.3. The van der Waals surface area contributed by atoms with Crippen molar-refractivity contribution < 1.29 is 27.2 Å². The number of benzene rings is 2. The van der Waals surface area contributed by atoms with Gasteiger partial charge in [0, 0.05) is 6.42 Å². The first kappa shape index (κ1) is 24.4. The fourth-order valence-electron chi connectivity index (χ4n) is 3.72. The summed E-state index contributed by atoms with van der Waals surface area (Å²) in [6.45, 7) is 3.29. The third kappa shape index (κ3) is 5.86. The summed E-state index contributed by atoms with van der Waals surface area (Å²) in [5.41, 5.74) is 3.65. The maximum atomic E-state index is 12.9. The van der Waals surface area contributed by atoms with Crippen LogP contribution in [0.3, 0.4) is 0 Å². The van der Waals surface area contributed by atoms with E-state index in [-0.39, 0.29) is 11.3 Å². The molecule has 1 aromatic heterocycles. The van der Waals surface area contributed by atoms with E-state index in [1.165, 1.54) is 23.4 Å². The van der Waals surface area contributed by atoms with Gasteiger partial charge in [-0.25, -0.2) is 13.4 Å². The summed E-state index contributed by atoms with van der Waals surface area (Å²) < 4.78 is 35.5. The molecule has 0 saturated carbocycles. The summed E-state index contributed by atoms with van der Waals surface area (Å²) in [5, 5.41) is 5.76. The van der Waals surface area contributed by atoms with Gasteiger partial charge in [-0.3, -0.25) is 9.59 Å². The van der Waals surface area contributed by atoms with Crippen LogP contribution in [0.1, 0.15) is 41.3 Å². The zero-order chi connectivity index (χ0) is 25.0. The standard InChI is InChI=1S/C26H26N2O6S/c1-18-5-9-20(10-6-18)22-16-23(24-4-3-14-33-24)28(27-22)25(29)17-34-26(30)13-15-35(31,32)21-11-7-19(2)8-12-21/h3-12,14,23H,13,15-17H2,1-2H3. The molecule has 1 aliphatic rings. The van der Waals surface area contributed by atoms with Crippen molar-refractivity contribution in [2.24, 2.45) is 5.10 Å². The zero-order valence-electron chi connectivity index (χ0n) is 19.5. The van der Waals surface area contributed by atoms with E-state index in [2.05, 4.69) is 5.10 Å². The quantitative estimate of drug-likeness (QED) is 0.439. The number of esters is 1. The Labute approximate surface area is 204 Å². The first-order valence-electron chi connectivity index (χ1n) is 11.2. The second-order valence-corrected chi connectivity index (χ2v) is 10.5. The van der Waals surface area contributed by atoms with Crippen molar-refractivity contribution in [2.75, 3.05) is 12.4 Å². The largest absolute Gasteiger partial charge is 0.467 e. The second-order valence-electron chi connectivity index (χ2n) is 8.43. The van der Waals surface area contributed by atoms with Crippen LogP contribution in [-0.2, 0) is 24.2 Å². The average molecular weight is 495 g/mol. The van der Waals surface area contributed by atoms with Gasteiger partial charge in [0.25, 0.3) is 5.91 Å². The minimum Gasteiger partial charge on any atom is -0.467 e. The van der Waals surface area contributed by atoms with Crippen LogP contribution in [0.25, 0.3) is 0 Å². The molecule has 0 saturated heterocycles. The van der Waals surface area contributed by atoms with Gasteiger partial charge in [0.05, 0.1) is 29.0 Å². The van der Waals surface area contributed by atoms with Crippen molar-refractivity contribution in [1.82, 2.24) is 5.01 Å². The van der Waals surface area contributed by atoms with Crippen LogP contribution in [0.5, 0.6) is 0 Å². The first-order chi connectivity index (χ1) is 16.7. The topological polar surface area (TPSA) is 106 Å². The fraction of sp³-hybridized carbons (Fsp3) is 0.269. The lowest BCUT2D eigenvalue weighted by Gasteiger charge is -2.19. The van der Waals surface area contributed by atoms with Gasteiger partial charge in [-0.05, 0) is 43.7 Å². The van der Waals surface area contributed by atoms with E-state index in [0.29, 0.717) is 12.2 Å². The van der Waals surface area contributed by atoms with Gasteiger partial charge in [0.1, 0.15) is 11.8 Å². The number of nitrogens with zero attached hydrogens (tertiary/aromatic N) is 2. The number of amides is 1. The number of carbonyl (C=O) groups excluding carboxylic acids is 2. The molecule has 9 heteroatoms. The molecule has 1 amide bonds. The highest BCUT2D eigenvalue weighted by molar-refractivity contribution is 7.91. The lowest BCUT2D eigenvalue weighted by Crippen LogP contribution is -2.31. The smallest absolute Gasteiger partial charge is 0.307 e. The van der Waals surface area contributed by atoms with Crippen LogP contribution in [0, 0.1) is 13.8 Å². The molecule has 1 atom stereocenters. The number of aryl methyl sites for hydroxylation is 2. The zero-order valence-corrected chi connectivity index (χ0v) is 20.3. The van der Waals surface area contributed by atoms with E-state index in [1.54, 1.807) is 24.3 Å². The molecule has 3 aromatic rings. The monoisotopic (exact) mass is 494 g/mol. The van der Waals surface area contributed by atoms with Crippen molar-refractivity contribution in [3.8, 4) is 0 Å². The SMILES string of the molecule is Cc1ccc(C2=NN(C(=O)COC(=O)CCS(=O)(=O)c3ccc(C)cc3)C(c3ccco3)C2)cc1. The van der Waals surface area contributed by atoms with E-state index < -0.39 is 40.1 Å². The van der Waals surface area contributed by atoms with Gasteiger partial charge >= 0.3 is 5.97 Å². The minimum absolute atomic E-state index is 0.142. The Morgan fingerprint density at radius 1 is 1.03 bits per heavy atom. The summed E-state index contributed by atoms with van der Waals surface area (Å²) in [7, 11) is -3.64. The molecule has 2 heterocycles. The van der Waals surface area contributed by atoms with Crippen molar-refractivity contribution in [3.63, 3.8) is 0 Å². The number of carbonyl (C=O) groups is 2. The summed E-state index contributed by atoms with van der Waals surface area (Å²) in [6, 6.07) is 17.3. The molecule has 0 radical (unpaired) electrons. The van der Waals surface area contributed by atoms with Gasteiger partial charge in [-0.2, -0.15) is 5.10 Å². The number of furan rings is 1. The molecule has 4 rings (SSSR count). The Hall–Kier alpha value is -3.72. The number of sulfone groups is 1. The molecular weight excluding hydrogens is 468 g/mol. The van der Waals surface area contributed by atoms with E-state index in [9.17, 15) is 18.0 Å². The molecular formula is C26H26N2O6S. The average Bonchev–Trinajstić information content (AvgIpc) is 3.52.